The van der Waals surface area contributed by atoms with Crippen LogP contribution in [0.4, 0.5) is 5.69 Å². The minimum Gasteiger partial charge on any atom is -0.385 e. The van der Waals surface area contributed by atoms with Crippen LogP contribution < -0.4 is 10.6 Å². The molecule has 0 bridgehead atoms. The molecule has 0 spiro atoms. The first-order chi connectivity index (χ1) is 8.43. The van der Waals surface area contributed by atoms with E-state index in [4.69, 9.17) is 14.5 Å². The van der Waals surface area contributed by atoms with Gasteiger partial charge in [0.05, 0.1) is 5.30 Å². The van der Waals surface area contributed by atoms with Gasteiger partial charge in [-0.05, 0) is 30.7 Å². The summed E-state index contributed by atoms with van der Waals surface area (Å²) in [7, 11) is -2.65. The number of rotatable bonds is 6. The second kappa shape index (κ2) is 6.66. The van der Waals surface area contributed by atoms with Gasteiger partial charge in [-0.2, -0.15) is 0 Å². The van der Waals surface area contributed by atoms with Crippen LogP contribution >= 0.6 is 7.60 Å². The van der Waals surface area contributed by atoms with Crippen LogP contribution in [0, 0.1) is 0 Å². The van der Waals surface area contributed by atoms with Gasteiger partial charge < -0.3 is 19.8 Å². The van der Waals surface area contributed by atoms with E-state index in [1.165, 1.54) is 24.3 Å². The summed E-state index contributed by atoms with van der Waals surface area (Å²) in [6, 6.07) is 5.52. The molecule has 0 unspecified atom stereocenters. The lowest BCUT2D eigenvalue weighted by Crippen LogP contribution is -2.13. The number of benzene rings is 1. The van der Waals surface area contributed by atoms with Crippen molar-refractivity contribution in [3.8, 4) is 0 Å². The molecule has 0 aliphatic carbocycles. The molecule has 100 valence electrons. The number of hydrogen-bond donors (Lipinski definition) is 3. The Kier molecular flexibility index (Phi) is 5.50. The number of anilines is 1. The highest BCUT2D eigenvalue weighted by Gasteiger charge is 2.16. The lowest BCUT2D eigenvalue weighted by atomic mass is 10.2. The maximum atomic E-state index is 11.4. The van der Waals surface area contributed by atoms with Crippen molar-refractivity contribution in [2.75, 3.05) is 19.0 Å². The third kappa shape index (κ3) is 4.98. The summed E-state index contributed by atoms with van der Waals surface area (Å²) in [4.78, 5) is 29.3. The summed E-state index contributed by atoms with van der Waals surface area (Å²) in [6.45, 7) is 0.518. The van der Waals surface area contributed by atoms with E-state index in [1.54, 1.807) is 7.11 Å². The highest BCUT2D eigenvalue weighted by atomic mass is 31.2. The van der Waals surface area contributed by atoms with Crippen molar-refractivity contribution in [1.29, 1.82) is 0 Å². The first-order valence-corrected chi connectivity index (χ1v) is 6.99. The van der Waals surface area contributed by atoms with Crippen molar-refractivity contribution in [2.24, 2.45) is 0 Å². The maximum Gasteiger partial charge on any atom is 0.356 e. The largest absolute Gasteiger partial charge is 0.385 e. The number of carbonyl (C=O) groups excluding carboxylic acids is 1. The van der Waals surface area contributed by atoms with Crippen LogP contribution in [0.15, 0.2) is 24.3 Å². The van der Waals surface area contributed by atoms with E-state index in [9.17, 15) is 9.36 Å². The summed E-state index contributed by atoms with van der Waals surface area (Å²) >= 11 is 0. The molecule has 0 saturated carbocycles. The fourth-order valence-electron chi connectivity index (χ4n) is 1.34. The molecule has 3 N–H and O–H groups in total. The predicted octanol–water partition coefficient (Wildman–Crippen LogP) is 0.855. The molecular formula is C11H16NO5P. The molecule has 0 fully saturated rings. The third-order valence-corrected chi connectivity index (χ3v) is 3.21. The van der Waals surface area contributed by atoms with Crippen molar-refractivity contribution >= 4 is 24.5 Å². The second-order valence-corrected chi connectivity index (χ2v) is 5.34. The van der Waals surface area contributed by atoms with Gasteiger partial charge in [0.25, 0.3) is 0 Å². The Morgan fingerprint density at radius 1 is 1.33 bits per heavy atom. The van der Waals surface area contributed by atoms with Gasteiger partial charge in [0, 0.05) is 25.8 Å². The normalized spacial score (nSPS) is 11.3. The highest BCUT2D eigenvalue weighted by Crippen LogP contribution is 2.33. The van der Waals surface area contributed by atoms with Gasteiger partial charge in [-0.3, -0.25) is 9.36 Å². The van der Waals surface area contributed by atoms with Crippen LogP contribution in [0.5, 0.6) is 0 Å². The molecule has 1 rings (SSSR count). The topological polar surface area (TPSA) is 95.9 Å². The van der Waals surface area contributed by atoms with E-state index < -0.39 is 7.60 Å². The zero-order chi connectivity index (χ0) is 13.6. The Labute approximate surface area is 105 Å². The van der Waals surface area contributed by atoms with Crippen molar-refractivity contribution in [3.63, 3.8) is 0 Å². The number of nitrogens with one attached hydrogen (secondary N) is 1. The number of carbonyl (C=O) groups is 1. The molecule has 6 nitrogen and oxygen atoms in total. The summed E-state index contributed by atoms with van der Waals surface area (Å²) in [5.74, 6) is -0.157. The molecule has 1 aromatic rings. The highest BCUT2D eigenvalue weighted by molar-refractivity contribution is 7.60. The Balaban J connectivity index is 2.53. The molecule has 0 heterocycles. The first kappa shape index (κ1) is 14.9. The zero-order valence-electron chi connectivity index (χ0n) is 10.00. The van der Waals surface area contributed by atoms with Gasteiger partial charge in [0.1, 0.15) is 0 Å². The average molecular weight is 273 g/mol. The van der Waals surface area contributed by atoms with Crippen molar-refractivity contribution in [3.05, 3.63) is 24.3 Å². The third-order valence-electron chi connectivity index (χ3n) is 2.24. The SMILES string of the molecule is COCCCC(=O)Nc1ccc(P(=O)(O)O)cc1. The van der Waals surface area contributed by atoms with E-state index in [0.717, 1.165) is 0 Å². The summed E-state index contributed by atoms with van der Waals surface area (Å²) in [5.41, 5.74) is 0.509. The fourth-order valence-corrected chi connectivity index (χ4v) is 1.88. The number of amides is 1. The molecule has 1 amide bonds. The van der Waals surface area contributed by atoms with Gasteiger partial charge >= 0.3 is 7.60 Å². The Hall–Kier alpha value is -1.20. The first-order valence-electron chi connectivity index (χ1n) is 5.38. The lowest BCUT2D eigenvalue weighted by Gasteiger charge is -2.07. The molecule has 0 aliphatic heterocycles. The van der Waals surface area contributed by atoms with E-state index in [1.807, 2.05) is 0 Å². The van der Waals surface area contributed by atoms with Gasteiger partial charge in [-0.25, -0.2) is 0 Å². The molecule has 0 aliphatic rings. The van der Waals surface area contributed by atoms with E-state index in [2.05, 4.69) is 5.32 Å². The molecule has 0 saturated heterocycles. The Bertz CT molecular complexity index is 439. The molecule has 7 heteroatoms. The maximum absolute atomic E-state index is 11.4. The zero-order valence-corrected chi connectivity index (χ0v) is 10.9. The molecule has 0 atom stereocenters. The summed E-state index contributed by atoms with van der Waals surface area (Å²) < 4.78 is 15.8. The molecule has 1 aromatic carbocycles. The van der Waals surface area contributed by atoms with Crippen LogP contribution in [-0.4, -0.2) is 29.4 Å². The smallest absolute Gasteiger partial charge is 0.356 e. The fraction of sp³-hybridized carbons (Fsp3) is 0.364. The monoisotopic (exact) mass is 273 g/mol. The van der Waals surface area contributed by atoms with Gasteiger partial charge in [0.15, 0.2) is 0 Å². The Morgan fingerprint density at radius 2 is 1.94 bits per heavy atom. The van der Waals surface area contributed by atoms with E-state index in [0.29, 0.717) is 25.1 Å². The Morgan fingerprint density at radius 3 is 2.44 bits per heavy atom. The minimum absolute atomic E-state index is 0.0696. The molecular weight excluding hydrogens is 257 g/mol. The summed E-state index contributed by atoms with van der Waals surface area (Å²) in [6.07, 6.45) is 0.969. The predicted molar refractivity (Wildman–Crippen MR) is 67.9 cm³/mol. The second-order valence-electron chi connectivity index (χ2n) is 3.74. The number of ether oxygens (including phenoxy) is 1. The van der Waals surface area contributed by atoms with Crippen LogP contribution in [0.25, 0.3) is 0 Å². The van der Waals surface area contributed by atoms with E-state index >= 15 is 0 Å². The van der Waals surface area contributed by atoms with Crippen molar-refractivity contribution in [2.45, 2.75) is 12.8 Å². The van der Waals surface area contributed by atoms with Crippen molar-refractivity contribution in [1.82, 2.24) is 0 Å². The number of hydrogen-bond acceptors (Lipinski definition) is 3. The lowest BCUT2D eigenvalue weighted by molar-refractivity contribution is -0.116. The average Bonchev–Trinajstić information content (AvgIpc) is 2.29. The van der Waals surface area contributed by atoms with Gasteiger partial charge in [0.2, 0.25) is 5.91 Å². The molecule has 0 radical (unpaired) electrons. The molecule has 18 heavy (non-hydrogen) atoms. The van der Waals surface area contributed by atoms with Crippen LogP contribution in [0.3, 0.4) is 0 Å². The van der Waals surface area contributed by atoms with Gasteiger partial charge in [-0.15, -0.1) is 0 Å². The number of methoxy groups -OCH3 is 1. The van der Waals surface area contributed by atoms with Crippen LogP contribution in [-0.2, 0) is 14.1 Å². The van der Waals surface area contributed by atoms with Crippen LogP contribution in [0.1, 0.15) is 12.8 Å². The minimum atomic E-state index is -4.22. The molecule has 0 aromatic heterocycles. The van der Waals surface area contributed by atoms with E-state index in [-0.39, 0.29) is 11.2 Å². The quantitative estimate of drug-likeness (QED) is 0.527. The summed E-state index contributed by atoms with van der Waals surface area (Å²) in [5, 5.41) is 2.56. The van der Waals surface area contributed by atoms with Crippen molar-refractivity contribution < 1.29 is 23.9 Å². The standard InChI is InChI=1S/C11H16NO5P/c1-17-8-2-3-11(13)12-9-4-6-10(7-5-9)18(14,15)16/h4-7H,2-3,8H2,1H3,(H,12,13)(H2,14,15,16). The van der Waals surface area contributed by atoms with Gasteiger partial charge in [-0.1, -0.05) is 0 Å². The van der Waals surface area contributed by atoms with Crippen LogP contribution in [0.2, 0.25) is 0 Å².